The normalized spacial score (nSPS) is 10.5. The van der Waals surface area contributed by atoms with Crippen LogP contribution in [0.3, 0.4) is 0 Å². The Bertz CT molecular complexity index is 689. The molecule has 0 spiro atoms. The number of benzene rings is 2. The monoisotopic (exact) mass is 254 g/mol. The zero-order valence-corrected chi connectivity index (χ0v) is 10.4. The number of rotatable bonds is 2. The standard InChI is InChI=1S/C15H11ClN2/c16-18-13-6-3-5-12(10-13)15-14-7-2-1-4-11(14)8-9-17-15/h1-10,18H. The first-order chi connectivity index (χ1) is 8.88. The smallest absolute Gasteiger partial charge is 0.0781 e. The maximum atomic E-state index is 5.63. The lowest BCUT2D eigenvalue weighted by molar-refractivity contribution is 1.36. The van der Waals surface area contributed by atoms with Crippen LogP contribution in [0.4, 0.5) is 5.69 Å². The van der Waals surface area contributed by atoms with Gasteiger partial charge in [-0.3, -0.25) is 9.82 Å². The van der Waals surface area contributed by atoms with Gasteiger partial charge in [0.15, 0.2) is 0 Å². The van der Waals surface area contributed by atoms with Crippen molar-refractivity contribution in [1.82, 2.24) is 4.98 Å². The highest BCUT2D eigenvalue weighted by Gasteiger charge is 2.05. The SMILES string of the molecule is ClNc1cccc(-c2nccc3ccccc23)c1. The Labute approximate surface area is 110 Å². The molecule has 1 aromatic heterocycles. The number of hydrogen-bond donors (Lipinski definition) is 1. The molecule has 3 aromatic rings. The van der Waals surface area contributed by atoms with Crippen molar-refractivity contribution in [1.29, 1.82) is 0 Å². The minimum absolute atomic E-state index is 0.865. The number of nitrogens with one attached hydrogen (secondary N) is 1. The van der Waals surface area contributed by atoms with Crippen LogP contribution in [0.5, 0.6) is 0 Å². The molecule has 0 aliphatic rings. The van der Waals surface area contributed by atoms with E-state index in [1.54, 1.807) is 0 Å². The van der Waals surface area contributed by atoms with Gasteiger partial charge in [0.05, 0.1) is 5.69 Å². The molecule has 0 unspecified atom stereocenters. The minimum atomic E-state index is 0.865. The lowest BCUT2D eigenvalue weighted by Crippen LogP contribution is -1.87. The number of pyridine rings is 1. The van der Waals surface area contributed by atoms with Crippen molar-refractivity contribution >= 4 is 28.2 Å². The maximum absolute atomic E-state index is 5.63. The predicted octanol–water partition coefficient (Wildman–Crippen LogP) is 4.47. The molecular weight excluding hydrogens is 244 g/mol. The van der Waals surface area contributed by atoms with Gasteiger partial charge in [0.1, 0.15) is 0 Å². The molecule has 3 rings (SSSR count). The average molecular weight is 255 g/mol. The van der Waals surface area contributed by atoms with Crippen LogP contribution >= 0.6 is 11.8 Å². The summed E-state index contributed by atoms with van der Waals surface area (Å²) in [4.78, 5) is 7.11. The zero-order valence-electron chi connectivity index (χ0n) is 9.60. The van der Waals surface area contributed by atoms with Crippen LogP contribution in [0, 0.1) is 0 Å². The molecule has 0 saturated carbocycles. The van der Waals surface area contributed by atoms with Crippen molar-refractivity contribution in [2.75, 3.05) is 4.84 Å². The molecule has 0 atom stereocenters. The molecule has 3 heteroatoms. The lowest BCUT2D eigenvalue weighted by atomic mass is 10.0. The molecule has 88 valence electrons. The van der Waals surface area contributed by atoms with Crippen LogP contribution in [0.15, 0.2) is 60.8 Å². The summed E-state index contributed by atoms with van der Waals surface area (Å²) < 4.78 is 0. The van der Waals surface area contributed by atoms with Crippen molar-refractivity contribution in [3.8, 4) is 11.3 Å². The summed E-state index contributed by atoms with van der Waals surface area (Å²) in [5, 5.41) is 2.33. The van der Waals surface area contributed by atoms with Gasteiger partial charge in [-0.25, -0.2) is 0 Å². The summed E-state index contributed by atoms with van der Waals surface area (Å²) in [6.45, 7) is 0. The Kier molecular flexibility index (Phi) is 2.87. The van der Waals surface area contributed by atoms with E-state index in [9.17, 15) is 0 Å². The molecule has 2 nitrogen and oxygen atoms in total. The number of anilines is 1. The fourth-order valence-electron chi connectivity index (χ4n) is 2.07. The third kappa shape index (κ3) is 1.91. The molecule has 0 amide bonds. The summed E-state index contributed by atoms with van der Waals surface area (Å²) in [6, 6.07) is 18.1. The van der Waals surface area contributed by atoms with Gasteiger partial charge in [-0.15, -0.1) is 0 Å². The molecule has 0 saturated heterocycles. The van der Waals surface area contributed by atoms with Gasteiger partial charge < -0.3 is 0 Å². The van der Waals surface area contributed by atoms with Gasteiger partial charge in [0.25, 0.3) is 0 Å². The Balaban J connectivity index is 2.24. The van der Waals surface area contributed by atoms with Crippen molar-refractivity contribution in [2.24, 2.45) is 0 Å². The Morgan fingerprint density at radius 1 is 0.944 bits per heavy atom. The van der Waals surface area contributed by atoms with Gasteiger partial charge in [-0.1, -0.05) is 36.4 Å². The molecule has 18 heavy (non-hydrogen) atoms. The molecule has 0 aliphatic heterocycles. The summed E-state index contributed by atoms with van der Waals surface area (Å²) in [7, 11) is 0. The van der Waals surface area contributed by atoms with Crippen LogP contribution in [0.1, 0.15) is 0 Å². The second-order valence-corrected chi connectivity index (χ2v) is 4.24. The van der Waals surface area contributed by atoms with E-state index in [2.05, 4.69) is 22.0 Å². The molecule has 1 heterocycles. The van der Waals surface area contributed by atoms with Crippen LogP contribution < -0.4 is 4.84 Å². The first kappa shape index (κ1) is 11.1. The highest BCUT2D eigenvalue weighted by atomic mass is 35.5. The highest BCUT2D eigenvalue weighted by Crippen LogP contribution is 2.27. The fraction of sp³-hybridized carbons (Fsp3) is 0. The van der Waals surface area contributed by atoms with E-state index in [4.69, 9.17) is 11.8 Å². The quantitative estimate of drug-likeness (QED) is 0.683. The molecule has 1 N–H and O–H groups in total. The summed E-state index contributed by atoms with van der Waals surface area (Å²) in [5.74, 6) is 0. The van der Waals surface area contributed by atoms with Gasteiger partial charge in [-0.05, 0) is 23.6 Å². The number of fused-ring (bicyclic) bond motifs is 1. The Morgan fingerprint density at radius 3 is 2.72 bits per heavy atom. The van der Waals surface area contributed by atoms with Crippen LogP contribution in [0.25, 0.3) is 22.0 Å². The van der Waals surface area contributed by atoms with Crippen molar-refractivity contribution < 1.29 is 0 Å². The Morgan fingerprint density at radius 2 is 1.83 bits per heavy atom. The number of aromatic nitrogens is 1. The maximum Gasteiger partial charge on any atom is 0.0781 e. The minimum Gasteiger partial charge on any atom is -0.298 e. The molecule has 0 radical (unpaired) electrons. The largest absolute Gasteiger partial charge is 0.298 e. The van der Waals surface area contributed by atoms with Gasteiger partial charge >= 0.3 is 0 Å². The van der Waals surface area contributed by atoms with E-state index >= 15 is 0 Å². The van der Waals surface area contributed by atoms with E-state index < -0.39 is 0 Å². The predicted molar refractivity (Wildman–Crippen MR) is 76.7 cm³/mol. The Hall–Kier alpha value is -2.06. The number of halogens is 1. The molecule has 0 fully saturated rings. The average Bonchev–Trinajstić information content (AvgIpc) is 2.47. The summed E-state index contributed by atoms with van der Waals surface area (Å²) in [6.07, 6.45) is 1.83. The third-order valence-corrected chi connectivity index (χ3v) is 3.14. The van der Waals surface area contributed by atoms with E-state index in [0.717, 1.165) is 22.3 Å². The van der Waals surface area contributed by atoms with Crippen LogP contribution in [0.2, 0.25) is 0 Å². The van der Waals surface area contributed by atoms with E-state index in [0.29, 0.717) is 0 Å². The molecule has 2 aromatic carbocycles. The van der Waals surface area contributed by atoms with Gasteiger partial charge in [0.2, 0.25) is 0 Å². The first-order valence-corrected chi connectivity index (χ1v) is 6.07. The van der Waals surface area contributed by atoms with Gasteiger partial charge in [0, 0.05) is 34.6 Å². The number of hydrogen-bond acceptors (Lipinski definition) is 2. The van der Waals surface area contributed by atoms with Crippen LogP contribution in [-0.2, 0) is 0 Å². The second kappa shape index (κ2) is 4.67. The molecular formula is C15H11ClN2. The van der Waals surface area contributed by atoms with Crippen molar-refractivity contribution in [3.63, 3.8) is 0 Å². The lowest BCUT2D eigenvalue weighted by Gasteiger charge is -2.07. The second-order valence-electron chi connectivity index (χ2n) is 4.06. The molecule has 0 aliphatic carbocycles. The van der Waals surface area contributed by atoms with Gasteiger partial charge in [-0.2, -0.15) is 0 Å². The summed E-state index contributed by atoms with van der Waals surface area (Å²) >= 11 is 5.63. The van der Waals surface area contributed by atoms with Crippen molar-refractivity contribution in [2.45, 2.75) is 0 Å². The van der Waals surface area contributed by atoms with Crippen molar-refractivity contribution in [3.05, 3.63) is 60.8 Å². The highest BCUT2D eigenvalue weighted by molar-refractivity contribution is 6.24. The van der Waals surface area contributed by atoms with E-state index in [1.165, 1.54) is 5.39 Å². The van der Waals surface area contributed by atoms with E-state index in [1.807, 2.05) is 48.7 Å². The zero-order chi connectivity index (χ0) is 12.4. The molecule has 0 bridgehead atoms. The topological polar surface area (TPSA) is 24.9 Å². The number of nitrogens with zero attached hydrogens (tertiary/aromatic N) is 1. The van der Waals surface area contributed by atoms with Crippen LogP contribution in [-0.4, -0.2) is 4.98 Å². The first-order valence-electron chi connectivity index (χ1n) is 5.69. The van der Waals surface area contributed by atoms with E-state index in [-0.39, 0.29) is 0 Å². The summed E-state index contributed by atoms with van der Waals surface area (Å²) in [5.41, 5.74) is 2.89. The fourth-order valence-corrected chi connectivity index (χ4v) is 2.19. The third-order valence-electron chi connectivity index (χ3n) is 2.92.